The number of halogens is 1. The molecular formula is C6H4FN3O5. The molecule has 0 fully saturated rings. The van der Waals surface area contributed by atoms with E-state index < -0.39 is 28.6 Å². The summed E-state index contributed by atoms with van der Waals surface area (Å²) in [7, 11) is 0. The molecule has 0 aliphatic heterocycles. The average molecular weight is 217 g/mol. The van der Waals surface area contributed by atoms with Gasteiger partial charge in [0.15, 0.2) is 0 Å². The van der Waals surface area contributed by atoms with Crippen molar-refractivity contribution in [2.75, 3.05) is 0 Å². The standard InChI is InChI=1S/C6H4FN3O5/c7-4(5(11)12)9-2-3(10(14)15)1-8-6(9)13/h1-2,4H,(H,11,12). The molecule has 8 nitrogen and oxygen atoms in total. The second-order valence-corrected chi connectivity index (χ2v) is 2.43. The molecule has 15 heavy (non-hydrogen) atoms. The lowest BCUT2D eigenvalue weighted by atomic mass is 10.5. The zero-order valence-electron chi connectivity index (χ0n) is 7.03. The lowest BCUT2D eigenvalue weighted by Crippen LogP contribution is -2.28. The van der Waals surface area contributed by atoms with Gasteiger partial charge in [0.2, 0.25) is 0 Å². The molecule has 0 aliphatic rings. The molecule has 1 atom stereocenters. The third kappa shape index (κ3) is 2.13. The fourth-order valence-corrected chi connectivity index (χ4v) is 0.795. The molecule has 0 saturated carbocycles. The van der Waals surface area contributed by atoms with Crippen LogP contribution < -0.4 is 5.69 Å². The summed E-state index contributed by atoms with van der Waals surface area (Å²) in [5, 5.41) is 18.5. The second kappa shape index (κ2) is 3.82. The Kier molecular flexibility index (Phi) is 2.74. The number of nitro groups is 1. The van der Waals surface area contributed by atoms with E-state index in [1.165, 1.54) is 0 Å². The number of aromatic nitrogens is 2. The maximum atomic E-state index is 12.9. The Morgan fingerprint density at radius 3 is 2.80 bits per heavy atom. The van der Waals surface area contributed by atoms with E-state index in [0.717, 1.165) is 0 Å². The summed E-state index contributed by atoms with van der Waals surface area (Å²) in [5.41, 5.74) is -1.88. The Balaban J connectivity index is 3.28. The smallest absolute Gasteiger partial charge is 0.360 e. The first kappa shape index (κ1) is 10.8. The highest BCUT2D eigenvalue weighted by Gasteiger charge is 2.22. The summed E-state index contributed by atoms with van der Waals surface area (Å²) in [6.07, 6.45) is -1.59. The van der Waals surface area contributed by atoms with Gasteiger partial charge in [-0.25, -0.2) is 14.0 Å². The van der Waals surface area contributed by atoms with E-state index in [1.807, 2.05) is 0 Å². The topological polar surface area (TPSA) is 115 Å². The number of aliphatic carboxylic acids is 1. The maximum Gasteiger partial charge on any atom is 0.360 e. The van der Waals surface area contributed by atoms with Crippen LogP contribution in [-0.4, -0.2) is 25.6 Å². The van der Waals surface area contributed by atoms with Crippen molar-refractivity contribution >= 4 is 11.7 Å². The molecule has 0 radical (unpaired) electrons. The highest BCUT2D eigenvalue weighted by Crippen LogP contribution is 2.10. The van der Waals surface area contributed by atoms with Gasteiger partial charge in [-0.15, -0.1) is 0 Å². The van der Waals surface area contributed by atoms with Gasteiger partial charge in [0.05, 0.1) is 11.1 Å². The van der Waals surface area contributed by atoms with Gasteiger partial charge in [-0.2, -0.15) is 4.98 Å². The van der Waals surface area contributed by atoms with Gasteiger partial charge in [-0.3, -0.25) is 14.7 Å². The molecule has 0 spiro atoms. The predicted octanol–water partition coefficient (Wildman–Crippen LogP) is -0.296. The van der Waals surface area contributed by atoms with Crippen LogP contribution in [0.3, 0.4) is 0 Å². The van der Waals surface area contributed by atoms with Gasteiger partial charge in [-0.05, 0) is 0 Å². The number of alkyl halides is 1. The molecule has 1 heterocycles. The predicted molar refractivity (Wildman–Crippen MR) is 42.9 cm³/mol. The van der Waals surface area contributed by atoms with Gasteiger partial charge < -0.3 is 5.11 Å². The number of hydrogen-bond donors (Lipinski definition) is 1. The van der Waals surface area contributed by atoms with E-state index in [0.29, 0.717) is 12.4 Å². The molecule has 1 rings (SSSR count). The Bertz CT molecular complexity index is 470. The van der Waals surface area contributed by atoms with Crippen molar-refractivity contribution in [3.63, 3.8) is 0 Å². The minimum Gasteiger partial charge on any atom is -0.478 e. The molecule has 1 unspecified atom stereocenters. The van der Waals surface area contributed by atoms with Crippen LogP contribution in [0, 0.1) is 10.1 Å². The number of carboxylic acid groups (broad SMARTS) is 1. The summed E-state index contributed by atoms with van der Waals surface area (Å²) >= 11 is 0. The van der Waals surface area contributed by atoms with Crippen LogP contribution in [0.25, 0.3) is 0 Å². The summed E-state index contributed by atoms with van der Waals surface area (Å²) in [6.45, 7) is 0. The molecule has 80 valence electrons. The lowest BCUT2D eigenvalue weighted by molar-refractivity contribution is -0.385. The largest absolute Gasteiger partial charge is 0.478 e. The summed E-state index contributed by atoms with van der Waals surface area (Å²) in [5.74, 6) is -1.93. The first-order chi connectivity index (χ1) is 6.93. The van der Waals surface area contributed by atoms with Gasteiger partial charge in [0.25, 0.3) is 6.30 Å². The fourth-order valence-electron chi connectivity index (χ4n) is 0.795. The quantitative estimate of drug-likeness (QED) is 0.549. The third-order valence-electron chi connectivity index (χ3n) is 1.46. The van der Waals surface area contributed by atoms with Crippen LogP contribution in [-0.2, 0) is 4.79 Å². The first-order valence-electron chi connectivity index (χ1n) is 3.53. The van der Waals surface area contributed by atoms with E-state index in [9.17, 15) is 24.1 Å². The summed E-state index contributed by atoms with van der Waals surface area (Å²) in [4.78, 5) is 33.4. The Morgan fingerprint density at radius 1 is 1.73 bits per heavy atom. The monoisotopic (exact) mass is 217 g/mol. The lowest BCUT2D eigenvalue weighted by Gasteiger charge is -2.04. The Hall–Kier alpha value is -2.32. The van der Waals surface area contributed by atoms with Crippen molar-refractivity contribution < 1.29 is 19.2 Å². The third-order valence-corrected chi connectivity index (χ3v) is 1.46. The van der Waals surface area contributed by atoms with Crippen LogP contribution in [0.2, 0.25) is 0 Å². The van der Waals surface area contributed by atoms with Crippen molar-refractivity contribution in [3.05, 3.63) is 33.0 Å². The van der Waals surface area contributed by atoms with Crippen molar-refractivity contribution in [1.29, 1.82) is 0 Å². The van der Waals surface area contributed by atoms with Crippen LogP contribution >= 0.6 is 0 Å². The van der Waals surface area contributed by atoms with Gasteiger partial charge >= 0.3 is 17.3 Å². The molecule has 1 N–H and O–H groups in total. The highest BCUT2D eigenvalue weighted by molar-refractivity contribution is 5.70. The second-order valence-electron chi connectivity index (χ2n) is 2.43. The van der Waals surface area contributed by atoms with Gasteiger partial charge in [-0.1, -0.05) is 0 Å². The van der Waals surface area contributed by atoms with E-state index in [4.69, 9.17) is 5.11 Å². The maximum absolute atomic E-state index is 12.9. The number of carboxylic acids is 1. The minimum absolute atomic E-state index is 0.0282. The van der Waals surface area contributed by atoms with Gasteiger partial charge in [0, 0.05) is 0 Å². The van der Waals surface area contributed by atoms with Crippen LogP contribution in [0.15, 0.2) is 17.2 Å². The molecule has 0 bridgehead atoms. The molecule has 1 aromatic rings. The molecule has 0 amide bonds. The van der Waals surface area contributed by atoms with E-state index in [1.54, 1.807) is 0 Å². The van der Waals surface area contributed by atoms with E-state index in [2.05, 4.69) is 4.98 Å². The Morgan fingerprint density at radius 2 is 2.33 bits per heavy atom. The number of nitrogens with zero attached hydrogens (tertiary/aromatic N) is 3. The van der Waals surface area contributed by atoms with Crippen LogP contribution in [0.4, 0.5) is 10.1 Å². The van der Waals surface area contributed by atoms with Crippen LogP contribution in [0.1, 0.15) is 6.30 Å². The first-order valence-corrected chi connectivity index (χ1v) is 3.53. The zero-order valence-corrected chi connectivity index (χ0v) is 7.03. The molecule has 9 heteroatoms. The van der Waals surface area contributed by atoms with Crippen molar-refractivity contribution in [3.8, 4) is 0 Å². The SMILES string of the molecule is O=C(O)C(F)n1cc([N+](=O)[O-])cnc1=O. The molecular weight excluding hydrogens is 213 g/mol. The van der Waals surface area contributed by atoms with Crippen LogP contribution in [0.5, 0.6) is 0 Å². The summed E-state index contributed by atoms with van der Waals surface area (Å²) in [6, 6.07) is 0. The number of rotatable bonds is 3. The van der Waals surface area contributed by atoms with Gasteiger partial charge in [0.1, 0.15) is 6.20 Å². The molecule has 0 saturated heterocycles. The molecule has 0 aliphatic carbocycles. The average Bonchev–Trinajstić information content (AvgIpc) is 2.16. The van der Waals surface area contributed by atoms with Crippen molar-refractivity contribution in [1.82, 2.24) is 9.55 Å². The minimum atomic E-state index is -2.69. The normalized spacial score (nSPS) is 12.1. The highest BCUT2D eigenvalue weighted by atomic mass is 19.1. The van der Waals surface area contributed by atoms with Crippen molar-refractivity contribution in [2.24, 2.45) is 0 Å². The zero-order chi connectivity index (χ0) is 11.6. The molecule has 0 aromatic carbocycles. The van der Waals surface area contributed by atoms with E-state index in [-0.39, 0.29) is 4.57 Å². The van der Waals surface area contributed by atoms with E-state index >= 15 is 0 Å². The summed E-state index contributed by atoms with van der Waals surface area (Å²) < 4.78 is 12.9. The fraction of sp³-hybridized carbons (Fsp3) is 0.167. The number of carbonyl (C=O) groups is 1. The van der Waals surface area contributed by atoms with Crippen molar-refractivity contribution in [2.45, 2.75) is 6.30 Å². The number of hydrogen-bond acceptors (Lipinski definition) is 5. The Labute approximate surface area is 80.7 Å². The molecule has 1 aromatic heterocycles.